The predicted molar refractivity (Wildman–Crippen MR) is 124 cm³/mol. The Kier molecular flexibility index (Phi) is 8.01. The Labute approximate surface area is 197 Å². The van der Waals surface area contributed by atoms with E-state index in [9.17, 15) is 14.4 Å². The highest BCUT2D eigenvalue weighted by atomic mass is 32.1. The van der Waals surface area contributed by atoms with Gasteiger partial charge in [0.15, 0.2) is 0 Å². The summed E-state index contributed by atoms with van der Waals surface area (Å²) in [6, 6.07) is 8.10. The van der Waals surface area contributed by atoms with Crippen LogP contribution in [-0.2, 0) is 14.3 Å². The molecule has 1 N–H and O–H groups in total. The number of benzene rings is 1. The topological polar surface area (TPSA) is 111 Å². The Morgan fingerprint density at radius 3 is 2.39 bits per heavy atom. The van der Waals surface area contributed by atoms with E-state index in [2.05, 4.69) is 32.4 Å². The second kappa shape index (κ2) is 10.7. The molecule has 2 heterocycles. The van der Waals surface area contributed by atoms with Gasteiger partial charge in [0.25, 0.3) is 5.91 Å². The van der Waals surface area contributed by atoms with Gasteiger partial charge in [-0.2, -0.15) is 0 Å². The summed E-state index contributed by atoms with van der Waals surface area (Å²) in [5.41, 5.74) is 1.61. The van der Waals surface area contributed by atoms with E-state index in [1.165, 1.54) is 24.0 Å². The lowest BCUT2D eigenvalue weighted by atomic mass is 9.89. The van der Waals surface area contributed by atoms with E-state index >= 15 is 0 Å². The van der Waals surface area contributed by atoms with Crippen LogP contribution in [0.1, 0.15) is 61.3 Å². The number of hydrogen-bond donors (Lipinski definition) is 1. The minimum atomic E-state index is -0.488. The highest BCUT2D eigenvalue weighted by molar-refractivity contribution is 7.16. The van der Waals surface area contributed by atoms with Crippen molar-refractivity contribution in [1.82, 2.24) is 20.4 Å². The summed E-state index contributed by atoms with van der Waals surface area (Å²) in [5, 5.41) is 11.6. The molecule has 0 unspecified atom stereocenters. The molecule has 3 rings (SSSR count). The third kappa shape index (κ3) is 6.98. The van der Waals surface area contributed by atoms with Gasteiger partial charge < -0.3 is 19.7 Å². The average Bonchev–Trinajstić information content (AvgIpc) is 3.28. The smallest absolute Gasteiger partial charge is 0.410 e. The van der Waals surface area contributed by atoms with Crippen molar-refractivity contribution in [2.24, 2.45) is 0 Å². The number of ether oxygens (including phenoxy) is 2. The average molecular weight is 475 g/mol. The number of nitrogens with zero attached hydrogens (tertiary/aromatic N) is 3. The van der Waals surface area contributed by atoms with Crippen LogP contribution in [-0.4, -0.2) is 65.4 Å². The number of carbonyl (C=O) groups is 3. The monoisotopic (exact) mass is 474 g/mol. The quantitative estimate of drug-likeness (QED) is 0.637. The molecule has 0 saturated carbocycles. The van der Waals surface area contributed by atoms with Crippen LogP contribution in [0.25, 0.3) is 10.6 Å². The lowest BCUT2D eigenvalue weighted by Gasteiger charge is -2.33. The number of rotatable bonds is 6. The molecule has 1 aromatic carbocycles. The fraction of sp³-hybridized carbons (Fsp3) is 0.522. The summed E-state index contributed by atoms with van der Waals surface area (Å²) in [6.07, 6.45) is 1.62. The van der Waals surface area contributed by atoms with Crippen LogP contribution in [0.3, 0.4) is 0 Å². The van der Waals surface area contributed by atoms with Gasteiger partial charge in [-0.05, 0) is 45.1 Å². The summed E-state index contributed by atoms with van der Waals surface area (Å²) >= 11 is 1.20. The first-order chi connectivity index (χ1) is 15.7. The summed E-state index contributed by atoms with van der Waals surface area (Å²) in [5.74, 6) is -0.372. The van der Waals surface area contributed by atoms with E-state index in [1.54, 1.807) is 4.90 Å². The Bertz CT molecular complexity index is 975. The van der Waals surface area contributed by atoms with Gasteiger partial charge in [-0.1, -0.05) is 35.6 Å². The second-order valence-corrected chi connectivity index (χ2v) is 9.84. The zero-order chi connectivity index (χ0) is 24.0. The zero-order valence-corrected chi connectivity index (χ0v) is 20.2. The van der Waals surface area contributed by atoms with Crippen LogP contribution in [0.5, 0.6) is 0 Å². The maximum Gasteiger partial charge on any atom is 0.410 e. The van der Waals surface area contributed by atoms with Gasteiger partial charge >= 0.3 is 12.1 Å². The van der Waals surface area contributed by atoms with Crippen molar-refractivity contribution in [3.05, 3.63) is 34.8 Å². The molecule has 178 valence electrons. The zero-order valence-electron chi connectivity index (χ0n) is 19.4. The molecule has 1 fully saturated rings. The fourth-order valence-electron chi connectivity index (χ4n) is 3.51. The van der Waals surface area contributed by atoms with E-state index in [0.717, 1.165) is 18.4 Å². The highest BCUT2D eigenvalue weighted by Crippen LogP contribution is 2.31. The second-order valence-electron chi connectivity index (χ2n) is 8.86. The molecule has 0 aliphatic carbocycles. The molecule has 0 bridgehead atoms. The molecular weight excluding hydrogens is 444 g/mol. The van der Waals surface area contributed by atoms with E-state index < -0.39 is 5.60 Å². The van der Waals surface area contributed by atoms with Gasteiger partial charge in [-0.25, -0.2) is 4.79 Å². The van der Waals surface area contributed by atoms with Crippen LogP contribution < -0.4 is 5.32 Å². The molecule has 0 radical (unpaired) electrons. The first kappa shape index (κ1) is 24.6. The molecule has 2 aromatic rings. The number of amides is 2. The minimum absolute atomic E-state index is 0.103. The predicted octanol–water partition coefficient (Wildman–Crippen LogP) is 3.61. The number of aromatic nitrogens is 2. The maximum atomic E-state index is 12.3. The van der Waals surface area contributed by atoms with Crippen molar-refractivity contribution in [2.45, 2.75) is 51.6 Å². The normalized spacial score (nSPS) is 14.6. The van der Waals surface area contributed by atoms with Crippen LogP contribution in [0.15, 0.2) is 24.3 Å². The largest absolute Gasteiger partial charge is 0.469 e. The van der Waals surface area contributed by atoms with Crippen molar-refractivity contribution >= 4 is 29.3 Å². The molecule has 33 heavy (non-hydrogen) atoms. The summed E-state index contributed by atoms with van der Waals surface area (Å²) in [6.45, 7) is 7.15. The number of piperidine rings is 1. The fourth-order valence-corrected chi connectivity index (χ4v) is 4.27. The summed E-state index contributed by atoms with van der Waals surface area (Å²) in [4.78, 5) is 37.3. The van der Waals surface area contributed by atoms with Crippen LogP contribution in [0.2, 0.25) is 0 Å². The lowest BCUT2D eigenvalue weighted by Crippen LogP contribution is -2.41. The van der Waals surface area contributed by atoms with Gasteiger partial charge in [0, 0.05) is 25.2 Å². The van der Waals surface area contributed by atoms with E-state index in [-0.39, 0.29) is 35.9 Å². The van der Waals surface area contributed by atoms with Crippen molar-refractivity contribution in [2.75, 3.05) is 26.7 Å². The third-order valence-corrected chi connectivity index (χ3v) is 6.21. The first-order valence-corrected chi connectivity index (χ1v) is 11.7. The molecular formula is C23H30N4O5S. The molecule has 2 amide bonds. The molecule has 9 nitrogen and oxygen atoms in total. The van der Waals surface area contributed by atoms with Gasteiger partial charge in [0.05, 0.1) is 13.5 Å². The van der Waals surface area contributed by atoms with Crippen LogP contribution in [0, 0.1) is 0 Å². The van der Waals surface area contributed by atoms with E-state index in [4.69, 9.17) is 4.74 Å². The molecule has 1 aliphatic rings. The lowest BCUT2D eigenvalue weighted by molar-refractivity contribution is -0.140. The third-order valence-electron chi connectivity index (χ3n) is 5.24. The minimum Gasteiger partial charge on any atom is -0.469 e. The van der Waals surface area contributed by atoms with Gasteiger partial charge in [-0.3, -0.25) is 9.59 Å². The Morgan fingerprint density at radius 1 is 1.12 bits per heavy atom. The molecule has 1 aromatic heterocycles. The number of hydrogen-bond acceptors (Lipinski definition) is 8. The van der Waals surface area contributed by atoms with Crippen molar-refractivity contribution in [3.63, 3.8) is 0 Å². The van der Waals surface area contributed by atoms with Crippen molar-refractivity contribution in [3.8, 4) is 10.6 Å². The summed E-state index contributed by atoms with van der Waals surface area (Å²) < 4.78 is 10.0. The molecule has 0 spiro atoms. The standard InChI is InChI=1S/C23H30N4O5S/c1-23(2,3)32-22(30)27-13-10-16(11-14-27)15-5-7-17(8-6-15)20-25-26-21(33-20)19(29)24-12-9-18(28)31-4/h5-8,16H,9-14H2,1-4H3,(H,24,29). The molecule has 0 atom stereocenters. The molecule has 1 saturated heterocycles. The molecule has 1 aliphatic heterocycles. The van der Waals surface area contributed by atoms with Crippen LogP contribution in [0.4, 0.5) is 4.79 Å². The van der Waals surface area contributed by atoms with Gasteiger partial charge in [0.1, 0.15) is 10.6 Å². The first-order valence-electron chi connectivity index (χ1n) is 10.9. The van der Waals surface area contributed by atoms with E-state index in [1.807, 2.05) is 32.9 Å². The Morgan fingerprint density at radius 2 is 1.79 bits per heavy atom. The SMILES string of the molecule is COC(=O)CCNC(=O)c1nnc(-c2ccc(C3CCN(C(=O)OC(C)(C)C)CC3)cc2)s1. The maximum absolute atomic E-state index is 12.3. The molecule has 10 heteroatoms. The number of nitrogens with one attached hydrogen (secondary N) is 1. The van der Waals surface area contributed by atoms with Gasteiger partial charge in [0.2, 0.25) is 5.01 Å². The summed E-state index contributed by atoms with van der Waals surface area (Å²) in [7, 11) is 1.30. The number of esters is 1. The highest BCUT2D eigenvalue weighted by Gasteiger charge is 2.27. The number of likely N-dealkylation sites (tertiary alicyclic amines) is 1. The van der Waals surface area contributed by atoms with Gasteiger partial charge in [-0.15, -0.1) is 10.2 Å². The van der Waals surface area contributed by atoms with Crippen molar-refractivity contribution < 1.29 is 23.9 Å². The van der Waals surface area contributed by atoms with E-state index in [0.29, 0.717) is 24.0 Å². The van der Waals surface area contributed by atoms with Crippen molar-refractivity contribution in [1.29, 1.82) is 0 Å². The van der Waals surface area contributed by atoms with Crippen LogP contribution >= 0.6 is 11.3 Å². The Hall–Kier alpha value is -3.01. The number of methoxy groups -OCH3 is 1. The Balaban J connectivity index is 1.53. The number of carbonyl (C=O) groups excluding carboxylic acids is 3.